The highest BCUT2D eigenvalue weighted by Gasteiger charge is 2.18. The van der Waals surface area contributed by atoms with Gasteiger partial charge >= 0.3 is 5.97 Å². The first-order valence-corrected chi connectivity index (χ1v) is 10.9. The van der Waals surface area contributed by atoms with Crippen molar-refractivity contribution >= 4 is 34.0 Å². The Kier molecular flexibility index (Phi) is 6.46. The van der Waals surface area contributed by atoms with Crippen LogP contribution in [0.1, 0.15) is 22.2 Å². The third-order valence-electron chi connectivity index (χ3n) is 4.87. The predicted molar refractivity (Wildman–Crippen MR) is 124 cm³/mol. The molecule has 0 aliphatic carbocycles. The van der Waals surface area contributed by atoms with Crippen molar-refractivity contribution in [2.45, 2.75) is 13.3 Å². The van der Waals surface area contributed by atoms with Crippen molar-refractivity contribution in [3.8, 4) is 22.1 Å². The maximum atomic E-state index is 11.5. The Morgan fingerprint density at radius 3 is 2.81 bits per heavy atom. The summed E-state index contributed by atoms with van der Waals surface area (Å²) in [5.41, 5.74) is 2.63. The van der Waals surface area contributed by atoms with E-state index in [2.05, 4.69) is 20.3 Å². The van der Waals surface area contributed by atoms with Gasteiger partial charge in [0.15, 0.2) is 4.88 Å². The average molecular weight is 451 g/mol. The summed E-state index contributed by atoms with van der Waals surface area (Å²) in [4.78, 5) is 25.4. The molecule has 0 unspecified atom stereocenters. The van der Waals surface area contributed by atoms with Crippen molar-refractivity contribution in [3.63, 3.8) is 0 Å². The topological polar surface area (TPSA) is 106 Å². The van der Waals surface area contributed by atoms with Crippen LogP contribution >= 0.6 is 11.3 Å². The van der Waals surface area contributed by atoms with E-state index in [1.54, 1.807) is 25.4 Å². The van der Waals surface area contributed by atoms with Gasteiger partial charge in [-0.3, -0.25) is 4.98 Å². The number of carboxylic acids is 1. The fourth-order valence-corrected chi connectivity index (χ4v) is 4.37. The number of aromatic nitrogens is 3. The quantitative estimate of drug-likeness (QED) is 0.384. The summed E-state index contributed by atoms with van der Waals surface area (Å²) in [7, 11) is 1.66. The Balaban J connectivity index is 1.52. The fraction of sp³-hybridized carbons (Fsp3) is 0.217. The zero-order chi connectivity index (χ0) is 22.5. The van der Waals surface area contributed by atoms with Gasteiger partial charge in [0.1, 0.15) is 23.6 Å². The molecular weight excluding hydrogens is 428 g/mol. The standard InChI is InChI=1S/C23H22N4O4S/c1-3-31-19-12-20(32-22(19)23(28)29)17-11-21(27-13-26-17)25-10-8-15-14-5-4-9-24-16(14)6-7-18(15)30-2/h4-7,9,11-13H,3,8,10H2,1-2H3,(H,28,29)(H,25,26,27). The number of thiophene rings is 1. The van der Waals surface area contributed by atoms with Gasteiger partial charge in [-0.1, -0.05) is 6.07 Å². The second-order valence-corrected chi connectivity index (χ2v) is 7.88. The summed E-state index contributed by atoms with van der Waals surface area (Å²) in [6, 6.07) is 11.3. The monoisotopic (exact) mass is 450 g/mol. The van der Waals surface area contributed by atoms with Gasteiger partial charge < -0.3 is 19.9 Å². The molecular formula is C23H22N4O4S. The van der Waals surface area contributed by atoms with Crippen LogP contribution in [-0.4, -0.2) is 46.3 Å². The minimum absolute atomic E-state index is 0.159. The van der Waals surface area contributed by atoms with Gasteiger partial charge in [0.2, 0.25) is 0 Å². The Hall–Kier alpha value is -3.72. The van der Waals surface area contributed by atoms with Gasteiger partial charge in [-0.15, -0.1) is 11.3 Å². The number of hydrogen-bond donors (Lipinski definition) is 2. The van der Waals surface area contributed by atoms with Crippen LogP contribution in [0.2, 0.25) is 0 Å². The number of fused-ring (bicyclic) bond motifs is 1. The Morgan fingerprint density at radius 2 is 2.03 bits per heavy atom. The van der Waals surface area contributed by atoms with E-state index in [9.17, 15) is 9.90 Å². The van der Waals surface area contributed by atoms with E-state index in [1.807, 2.05) is 31.2 Å². The lowest BCUT2D eigenvalue weighted by Crippen LogP contribution is -2.08. The molecule has 0 saturated heterocycles. The van der Waals surface area contributed by atoms with Gasteiger partial charge in [0.25, 0.3) is 0 Å². The number of ether oxygens (including phenoxy) is 2. The molecule has 0 fully saturated rings. The fourth-order valence-electron chi connectivity index (χ4n) is 3.46. The number of carboxylic acid groups (broad SMARTS) is 1. The van der Waals surface area contributed by atoms with Crippen LogP contribution in [0.3, 0.4) is 0 Å². The molecule has 9 heteroatoms. The molecule has 3 aromatic heterocycles. The largest absolute Gasteiger partial charge is 0.496 e. The summed E-state index contributed by atoms with van der Waals surface area (Å²) in [6.45, 7) is 2.83. The van der Waals surface area contributed by atoms with Crippen molar-refractivity contribution in [3.05, 3.63) is 59.4 Å². The van der Waals surface area contributed by atoms with Gasteiger partial charge in [-0.05, 0) is 31.5 Å². The minimum Gasteiger partial charge on any atom is -0.496 e. The zero-order valence-corrected chi connectivity index (χ0v) is 18.5. The third kappa shape index (κ3) is 4.47. The number of aromatic carboxylic acids is 1. The third-order valence-corrected chi connectivity index (χ3v) is 5.99. The number of hydrogen-bond acceptors (Lipinski definition) is 8. The van der Waals surface area contributed by atoms with E-state index in [1.165, 1.54) is 6.33 Å². The lowest BCUT2D eigenvalue weighted by molar-refractivity contribution is 0.0698. The molecule has 0 amide bonds. The molecule has 4 rings (SSSR count). The lowest BCUT2D eigenvalue weighted by Gasteiger charge is -2.12. The van der Waals surface area contributed by atoms with Crippen LogP contribution in [-0.2, 0) is 6.42 Å². The Bertz CT molecular complexity index is 1260. The molecule has 0 atom stereocenters. The number of nitrogens with zero attached hydrogens (tertiary/aromatic N) is 3. The van der Waals surface area contributed by atoms with Crippen LogP contribution in [0.5, 0.6) is 11.5 Å². The van der Waals surface area contributed by atoms with Crippen LogP contribution in [0.15, 0.2) is 48.9 Å². The number of anilines is 1. The molecule has 4 aromatic rings. The lowest BCUT2D eigenvalue weighted by atomic mass is 10.0. The van der Waals surface area contributed by atoms with Gasteiger partial charge in [0, 0.05) is 35.8 Å². The molecule has 0 saturated carbocycles. The molecule has 0 aliphatic heterocycles. The van der Waals surface area contributed by atoms with Gasteiger partial charge in [0.05, 0.1) is 29.8 Å². The molecule has 8 nitrogen and oxygen atoms in total. The molecule has 0 radical (unpaired) electrons. The Morgan fingerprint density at radius 1 is 1.16 bits per heavy atom. The van der Waals surface area contributed by atoms with Gasteiger partial charge in [-0.25, -0.2) is 14.8 Å². The van der Waals surface area contributed by atoms with E-state index in [-0.39, 0.29) is 4.88 Å². The molecule has 0 aliphatic rings. The average Bonchev–Trinajstić information content (AvgIpc) is 3.24. The number of nitrogens with one attached hydrogen (secondary N) is 1. The molecule has 3 heterocycles. The summed E-state index contributed by atoms with van der Waals surface area (Å²) in [5.74, 6) is 0.801. The Labute approximate surface area is 188 Å². The van der Waals surface area contributed by atoms with E-state index >= 15 is 0 Å². The van der Waals surface area contributed by atoms with Crippen molar-refractivity contribution in [1.82, 2.24) is 15.0 Å². The summed E-state index contributed by atoms with van der Waals surface area (Å²) in [5, 5.41) is 13.8. The van der Waals surface area contributed by atoms with Crippen LogP contribution in [0.25, 0.3) is 21.5 Å². The first kappa shape index (κ1) is 21.5. The highest BCUT2D eigenvalue weighted by molar-refractivity contribution is 7.17. The van der Waals surface area contributed by atoms with Crippen molar-refractivity contribution in [2.24, 2.45) is 0 Å². The van der Waals surface area contributed by atoms with Crippen molar-refractivity contribution in [1.29, 1.82) is 0 Å². The normalized spacial score (nSPS) is 10.8. The van der Waals surface area contributed by atoms with E-state index in [0.29, 0.717) is 41.7 Å². The van der Waals surface area contributed by atoms with Crippen molar-refractivity contribution < 1.29 is 19.4 Å². The first-order valence-electron chi connectivity index (χ1n) is 10.1. The summed E-state index contributed by atoms with van der Waals surface area (Å²) >= 11 is 1.13. The van der Waals surface area contributed by atoms with E-state index < -0.39 is 5.97 Å². The van der Waals surface area contributed by atoms with Crippen LogP contribution in [0, 0.1) is 0 Å². The number of carbonyl (C=O) groups is 1. The SMILES string of the molecule is CCOc1cc(-c2cc(NCCc3c(OC)ccc4ncccc34)ncn2)sc1C(=O)O. The minimum atomic E-state index is -1.02. The zero-order valence-electron chi connectivity index (χ0n) is 17.7. The number of benzene rings is 1. The molecule has 2 N–H and O–H groups in total. The van der Waals surface area contributed by atoms with Crippen LogP contribution in [0.4, 0.5) is 5.82 Å². The second-order valence-electron chi connectivity index (χ2n) is 6.82. The van der Waals surface area contributed by atoms with E-state index in [4.69, 9.17) is 9.47 Å². The predicted octanol–water partition coefficient (Wildman–Crippen LogP) is 4.51. The van der Waals surface area contributed by atoms with Crippen LogP contribution < -0.4 is 14.8 Å². The van der Waals surface area contributed by atoms with Gasteiger partial charge in [-0.2, -0.15) is 0 Å². The first-order chi connectivity index (χ1) is 15.6. The number of pyridine rings is 1. The highest BCUT2D eigenvalue weighted by Crippen LogP contribution is 2.36. The molecule has 1 aromatic carbocycles. The molecule has 0 spiro atoms. The van der Waals surface area contributed by atoms with E-state index in [0.717, 1.165) is 33.6 Å². The molecule has 164 valence electrons. The maximum Gasteiger partial charge on any atom is 0.349 e. The summed E-state index contributed by atoms with van der Waals surface area (Å²) < 4.78 is 11.0. The highest BCUT2D eigenvalue weighted by atomic mass is 32.1. The summed E-state index contributed by atoms with van der Waals surface area (Å²) in [6.07, 6.45) is 3.94. The molecule has 32 heavy (non-hydrogen) atoms. The maximum absolute atomic E-state index is 11.5. The number of methoxy groups -OCH3 is 1. The second kappa shape index (κ2) is 9.61. The molecule has 0 bridgehead atoms. The smallest absolute Gasteiger partial charge is 0.349 e. The number of rotatable bonds is 9. The van der Waals surface area contributed by atoms with Crippen molar-refractivity contribution in [2.75, 3.05) is 25.6 Å².